The largest absolute Gasteiger partial charge is 0.467 e. The Balaban J connectivity index is 1.65. The first kappa shape index (κ1) is 15.6. The van der Waals surface area contributed by atoms with E-state index in [1.165, 1.54) is 0 Å². The standard InChI is InChI=1S/C17H23N3O3/c1-3-12(2)18-16(22)20-10-8-17(9-11-20)19-15(21)13-6-4-5-7-14(13)23-17/h4-7,12H,3,8-11H2,1-2H3,(H,18,22)(H,19,21). The number of amides is 3. The molecular formula is C17H23N3O3. The monoisotopic (exact) mass is 317 g/mol. The average molecular weight is 317 g/mol. The lowest BCUT2D eigenvalue weighted by atomic mass is 9.97. The Morgan fingerprint density at radius 3 is 2.78 bits per heavy atom. The summed E-state index contributed by atoms with van der Waals surface area (Å²) in [6.07, 6.45) is 2.07. The van der Waals surface area contributed by atoms with Gasteiger partial charge >= 0.3 is 6.03 Å². The molecule has 2 heterocycles. The first-order valence-electron chi connectivity index (χ1n) is 8.19. The number of nitrogens with zero attached hydrogens (tertiary/aromatic N) is 1. The van der Waals surface area contributed by atoms with Crippen molar-refractivity contribution in [2.24, 2.45) is 0 Å². The summed E-state index contributed by atoms with van der Waals surface area (Å²) in [6.45, 7) is 5.15. The minimum Gasteiger partial charge on any atom is -0.467 e. The highest BCUT2D eigenvalue weighted by atomic mass is 16.5. The second-order valence-electron chi connectivity index (χ2n) is 6.29. The van der Waals surface area contributed by atoms with Crippen molar-refractivity contribution in [3.8, 4) is 5.75 Å². The van der Waals surface area contributed by atoms with Gasteiger partial charge in [-0.15, -0.1) is 0 Å². The van der Waals surface area contributed by atoms with E-state index in [0.717, 1.165) is 6.42 Å². The lowest BCUT2D eigenvalue weighted by Crippen LogP contribution is -2.62. The van der Waals surface area contributed by atoms with Crippen LogP contribution in [0.2, 0.25) is 0 Å². The van der Waals surface area contributed by atoms with Gasteiger partial charge < -0.3 is 20.3 Å². The van der Waals surface area contributed by atoms with Crippen LogP contribution in [-0.4, -0.2) is 41.7 Å². The zero-order valence-electron chi connectivity index (χ0n) is 13.6. The van der Waals surface area contributed by atoms with Crippen LogP contribution in [0.3, 0.4) is 0 Å². The van der Waals surface area contributed by atoms with Crippen molar-refractivity contribution in [1.82, 2.24) is 15.5 Å². The van der Waals surface area contributed by atoms with Gasteiger partial charge in [0.15, 0.2) is 5.72 Å². The molecule has 1 aromatic rings. The van der Waals surface area contributed by atoms with E-state index in [9.17, 15) is 9.59 Å². The molecule has 1 unspecified atom stereocenters. The fraction of sp³-hybridized carbons (Fsp3) is 0.529. The Morgan fingerprint density at radius 1 is 1.39 bits per heavy atom. The Kier molecular flexibility index (Phi) is 4.15. The van der Waals surface area contributed by atoms with Crippen LogP contribution in [0, 0.1) is 0 Å². The molecule has 0 radical (unpaired) electrons. The summed E-state index contributed by atoms with van der Waals surface area (Å²) >= 11 is 0. The van der Waals surface area contributed by atoms with Gasteiger partial charge in [0.2, 0.25) is 0 Å². The molecule has 3 amide bonds. The molecule has 3 rings (SSSR count). The summed E-state index contributed by atoms with van der Waals surface area (Å²) in [5.41, 5.74) is -0.131. The van der Waals surface area contributed by atoms with Crippen molar-refractivity contribution in [3.63, 3.8) is 0 Å². The summed E-state index contributed by atoms with van der Waals surface area (Å²) < 4.78 is 6.07. The molecule has 1 saturated heterocycles. The van der Waals surface area contributed by atoms with Crippen LogP contribution in [0.25, 0.3) is 0 Å². The molecule has 6 nitrogen and oxygen atoms in total. The Morgan fingerprint density at radius 2 is 2.09 bits per heavy atom. The first-order valence-corrected chi connectivity index (χ1v) is 8.19. The lowest BCUT2D eigenvalue weighted by molar-refractivity contribution is -0.0213. The predicted octanol–water partition coefficient (Wildman–Crippen LogP) is 2.11. The van der Waals surface area contributed by atoms with Crippen LogP contribution in [0.1, 0.15) is 43.5 Å². The van der Waals surface area contributed by atoms with Gasteiger partial charge in [0, 0.05) is 32.0 Å². The molecule has 2 N–H and O–H groups in total. The van der Waals surface area contributed by atoms with Crippen molar-refractivity contribution < 1.29 is 14.3 Å². The highest BCUT2D eigenvalue weighted by Crippen LogP contribution is 2.33. The molecule has 0 aliphatic carbocycles. The van der Waals surface area contributed by atoms with Crippen molar-refractivity contribution in [2.45, 2.75) is 44.9 Å². The number of ether oxygens (including phenoxy) is 1. The zero-order valence-corrected chi connectivity index (χ0v) is 13.6. The number of rotatable bonds is 2. The highest BCUT2D eigenvalue weighted by Gasteiger charge is 2.43. The van der Waals surface area contributed by atoms with Gasteiger partial charge in [-0.1, -0.05) is 19.1 Å². The summed E-state index contributed by atoms with van der Waals surface area (Å²) in [5.74, 6) is 0.512. The highest BCUT2D eigenvalue weighted by molar-refractivity contribution is 5.98. The normalized spacial score (nSPS) is 20.3. The zero-order chi connectivity index (χ0) is 16.4. The molecule has 1 aromatic carbocycles. The summed E-state index contributed by atoms with van der Waals surface area (Å²) in [4.78, 5) is 26.2. The van der Waals surface area contributed by atoms with Crippen molar-refractivity contribution in [3.05, 3.63) is 29.8 Å². The SMILES string of the molecule is CCC(C)NC(=O)N1CCC2(CC1)NC(=O)c1ccccc1O2. The summed E-state index contributed by atoms with van der Waals surface area (Å²) in [5, 5.41) is 5.95. The van der Waals surface area contributed by atoms with Gasteiger partial charge in [-0.3, -0.25) is 4.79 Å². The number of para-hydroxylation sites is 1. The first-order chi connectivity index (χ1) is 11.0. The number of hydrogen-bond acceptors (Lipinski definition) is 3. The fourth-order valence-corrected chi connectivity index (χ4v) is 2.96. The van der Waals surface area contributed by atoms with E-state index in [1.54, 1.807) is 11.0 Å². The topological polar surface area (TPSA) is 70.7 Å². The average Bonchev–Trinajstić information content (AvgIpc) is 2.55. The van der Waals surface area contributed by atoms with Crippen LogP contribution in [0.4, 0.5) is 4.79 Å². The quantitative estimate of drug-likeness (QED) is 0.877. The second kappa shape index (κ2) is 6.10. The van der Waals surface area contributed by atoms with E-state index < -0.39 is 5.72 Å². The molecule has 1 atom stereocenters. The van der Waals surface area contributed by atoms with E-state index in [4.69, 9.17) is 4.74 Å². The van der Waals surface area contributed by atoms with E-state index in [1.807, 2.05) is 32.0 Å². The number of carbonyl (C=O) groups excluding carboxylic acids is 2. The third-order valence-corrected chi connectivity index (χ3v) is 4.62. The number of urea groups is 1. The molecule has 1 spiro atoms. The minimum absolute atomic E-state index is 0.0447. The Labute approximate surface area is 136 Å². The molecule has 124 valence electrons. The van der Waals surface area contributed by atoms with Crippen LogP contribution >= 0.6 is 0 Å². The minimum atomic E-state index is -0.696. The third-order valence-electron chi connectivity index (χ3n) is 4.62. The van der Waals surface area contributed by atoms with Crippen molar-refractivity contribution in [2.75, 3.05) is 13.1 Å². The second-order valence-corrected chi connectivity index (χ2v) is 6.29. The van der Waals surface area contributed by atoms with Crippen LogP contribution < -0.4 is 15.4 Å². The number of piperidine rings is 1. The maximum Gasteiger partial charge on any atom is 0.317 e. The van der Waals surface area contributed by atoms with E-state index in [0.29, 0.717) is 37.2 Å². The lowest BCUT2D eigenvalue weighted by Gasteiger charge is -2.44. The van der Waals surface area contributed by atoms with Crippen LogP contribution in [0.15, 0.2) is 24.3 Å². The number of carbonyl (C=O) groups is 2. The number of benzene rings is 1. The van der Waals surface area contributed by atoms with E-state index in [-0.39, 0.29) is 18.0 Å². The summed E-state index contributed by atoms with van der Waals surface area (Å²) in [6, 6.07) is 7.37. The molecule has 0 bridgehead atoms. The van der Waals surface area contributed by atoms with Crippen molar-refractivity contribution in [1.29, 1.82) is 0 Å². The summed E-state index contributed by atoms with van der Waals surface area (Å²) in [7, 11) is 0. The van der Waals surface area contributed by atoms with E-state index >= 15 is 0 Å². The third kappa shape index (κ3) is 3.11. The van der Waals surface area contributed by atoms with Crippen molar-refractivity contribution >= 4 is 11.9 Å². The molecule has 0 saturated carbocycles. The molecule has 2 aliphatic rings. The van der Waals surface area contributed by atoms with E-state index in [2.05, 4.69) is 10.6 Å². The molecule has 2 aliphatic heterocycles. The van der Waals surface area contributed by atoms with Gasteiger partial charge in [-0.25, -0.2) is 4.79 Å². The van der Waals surface area contributed by atoms with Gasteiger partial charge in [-0.05, 0) is 25.5 Å². The molecular weight excluding hydrogens is 294 g/mol. The number of likely N-dealkylation sites (tertiary alicyclic amines) is 1. The van der Waals surface area contributed by atoms with Crippen LogP contribution in [-0.2, 0) is 0 Å². The maximum absolute atomic E-state index is 12.3. The molecule has 0 aromatic heterocycles. The van der Waals surface area contributed by atoms with Gasteiger partial charge in [0.1, 0.15) is 5.75 Å². The van der Waals surface area contributed by atoms with Crippen LogP contribution in [0.5, 0.6) is 5.75 Å². The van der Waals surface area contributed by atoms with Gasteiger partial charge in [0.05, 0.1) is 5.56 Å². The molecule has 6 heteroatoms. The Bertz CT molecular complexity index is 609. The van der Waals surface area contributed by atoms with Gasteiger partial charge in [0.25, 0.3) is 5.91 Å². The number of hydrogen-bond donors (Lipinski definition) is 2. The molecule has 23 heavy (non-hydrogen) atoms. The Hall–Kier alpha value is -2.24. The fourth-order valence-electron chi connectivity index (χ4n) is 2.96. The maximum atomic E-state index is 12.3. The number of fused-ring (bicyclic) bond motifs is 1. The smallest absolute Gasteiger partial charge is 0.317 e. The molecule has 1 fully saturated rings. The van der Waals surface area contributed by atoms with Gasteiger partial charge in [-0.2, -0.15) is 0 Å². The number of nitrogens with one attached hydrogen (secondary N) is 2. The predicted molar refractivity (Wildman–Crippen MR) is 86.4 cm³/mol.